The van der Waals surface area contributed by atoms with Gasteiger partial charge in [-0.25, -0.2) is 0 Å². The molecule has 1 amide bonds. The molecule has 0 atom stereocenters. The molecule has 20 heavy (non-hydrogen) atoms. The molecule has 6 heteroatoms. The number of carbonyl (C=O) groups is 1. The van der Waals surface area contributed by atoms with Gasteiger partial charge in [0, 0.05) is 23.3 Å². The van der Waals surface area contributed by atoms with Gasteiger partial charge in [-0.05, 0) is 46.3 Å². The standard InChI is InChI=1S/C14H12Br2N2O2/c1-18-14(19)10-4-3-9(17)7-13(10)20-12-5-2-8(15)6-11(12)16/h2-7H,17H2,1H3,(H,18,19). The van der Waals surface area contributed by atoms with Gasteiger partial charge in [-0.1, -0.05) is 15.9 Å². The second-order valence-corrected chi connectivity index (χ2v) is 5.78. The van der Waals surface area contributed by atoms with Crippen LogP contribution in [0.25, 0.3) is 0 Å². The first-order valence-electron chi connectivity index (χ1n) is 5.76. The van der Waals surface area contributed by atoms with Crippen molar-refractivity contribution < 1.29 is 9.53 Å². The van der Waals surface area contributed by atoms with Crippen molar-refractivity contribution in [2.75, 3.05) is 12.8 Å². The van der Waals surface area contributed by atoms with Gasteiger partial charge in [0.25, 0.3) is 5.91 Å². The molecule has 2 rings (SSSR count). The molecule has 0 heterocycles. The lowest BCUT2D eigenvalue weighted by molar-refractivity contribution is 0.0961. The number of anilines is 1. The molecule has 0 unspecified atom stereocenters. The summed E-state index contributed by atoms with van der Waals surface area (Å²) in [7, 11) is 1.57. The summed E-state index contributed by atoms with van der Waals surface area (Å²) in [5, 5.41) is 2.57. The Balaban J connectivity index is 2.41. The van der Waals surface area contributed by atoms with E-state index in [4.69, 9.17) is 10.5 Å². The molecule has 0 aromatic heterocycles. The van der Waals surface area contributed by atoms with Crippen LogP contribution in [0.15, 0.2) is 45.3 Å². The number of carbonyl (C=O) groups excluding carboxylic acids is 1. The summed E-state index contributed by atoms with van der Waals surface area (Å²) in [4.78, 5) is 11.8. The Morgan fingerprint density at radius 1 is 1.15 bits per heavy atom. The number of nitrogen functional groups attached to an aromatic ring is 1. The van der Waals surface area contributed by atoms with Crippen molar-refractivity contribution in [3.8, 4) is 11.5 Å². The van der Waals surface area contributed by atoms with Crippen molar-refractivity contribution in [2.45, 2.75) is 0 Å². The summed E-state index contributed by atoms with van der Waals surface area (Å²) < 4.78 is 7.49. The Kier molecular flexibility index (Phi) is 4.67. The Bertz CT molecular complexity index is 660. The summed E-state index contributed by atoms with van der Waals surface area (Å²) in [6.45, 7) is 0. The van der Waals surface area contributed by atoms with Crippen LogP contribution in [0, 0.1) is 0 Å². The number of nitrogens with two attached hydrogens (primary N) is 1. The van der Waals surface area contributed by atoms with Gasteiger partial charge in [0.2, 0.25) is 0 Å². The number of rotatable bonds is 3. The molecule has 0 saturated heterocycles. The number of hydrogen-bond donors (Lipinski definition) is 2. The van der Waals surface area contributed by atoms with E-state index < -0.39 is 0 Å². The van der Waals surface area contributed by atoms with E-state index in [1.807, 2.05) is 12.1 Å². The number of nitrogens with one attached hydrogen (secondary N) is 1. The molecule has 0 spiro atoms. The topological polar surface area (TPSA) is 64.4 Å². The van der Waals surface area contributed by atoms with Gasteiger partial charge in [0.05, 0.1) is 10.0 Å². The fraction of sp³-hybridized carbons (Fsp3) is 0.0714. The monoisotopic (exact) mass is 398 g/mol. The Hall–Kier alpha value is -1.53. The number of benzene rings is 2. The van der Waals surface area contributed by atoms with E-state index in [9.17, 15) is 4.79 Å². The average molecular weight is 400 g/mol. The fourth-order valence-electron chi connectivity index (χ4n) is 1.62. The second kappa shape index (κ2) is 6.28. The van der Waals surface area contributed by atoms with E-state index in [-0.39, 0.29) is 5.91 Å². The highest BCUT2D eigenvalue weighted by Crippen LogP contribution is 2.34. The lowest BCUT2D eigenvalue weighted by atomic mass is 10.1. The van der Waals surface area contributed by atoms with Crippen molar-refractivity contribution in [1.82, 2.24) is 5.32 Å². The summed E-state index contributed by atoms with van der Waals surface area (Å²) >= 11 is 6.79. The highest BCUT2D eigenvalue weighted by atomic mass is 79.9. The molecule has 2 aromatic rings. The minimum absolute atomic E-state index is 0.228. The van der Waals surface area contributed by atoms with Crippen LogP contribution in [0.3, 0.4) is 0 Å². The van der Waals surface area contributed by atoms with Crippen molar-refractivity contribution in [1.29, 1.82) is 0 Å². The van der Waals surface area contributed by atoms with Crippen LogP contribution in [-0.4, -0.2) is 13.0 Å². The molecule has 4 nitrogen and oxygen atoms in total. The van der Waals surface area contributed by atoms with Gasteiger partial charge in [-0.3, -0.25) is 4.79 Å². The summed E-state index contributed by atoms with van der Waals surface area (Å²) in [6.07, 6.45) is 0. The molecule has 0 aliphatic heterocycles. The zero-order valence-electron chi connectivity index (χ0n) is 10.6. The maximum absolute atomic E-state index is 11.8. The smallest absolute Gasteiger partial charge is 0.254 e. The fourth-order valence-corrected chi connectivity index (χ4v) is 2.75. The zero-order valence-corrected chi connectivity index (χ0v) is 13.8. The first kappa shape index (κ1) is 14.9. The third-order valence-electron chi connectivity index (χ3n) is 2.59. The number of ether oxygens (including phenoxy) is 1. The molecule has 0 fully saturated rings. The normalized spacial score (nSPS) is 10.2. The van der Waals surface area contributed by atoms with E-state index in [1.54, 1.807) is 31.3 Å². The molecule has 2 aromatic carbocycles. The predicted molar refractivity (Wildman–Crippen MR) is 86.2 cm³/mol. The van der Waals surface area contributed by atoms with Gasteiger partial charge < -0.3 is 15.8 Å². The number of halogens is 2. The lowest BCUT2D eigenvalue weighted by Gasteiger charge is -2.12. The Labute approximate surface area is 133 Å². The predicted octanol–water partition coefficient (Wildman–Crippen LogP) is 3.95. The third kappa shape index (κ3) is 3.32. The van der Waals surface area contributed by atoms with Gasteiger partial charge in [-0.2, -0.15) is 0 Å². The highest BCUT2D eigenvalue weighted by Gasteiger charge is 2.13. The Morgan fingerprint density at radius 3 is 2.55 bits per heavy atom. The molecular formula is C14H12Br2N2O2. The molecule has 104 valence electrons. The van der Waals surface area contributed by atoms with Crippen molar-refractivity contribution in [3.05, 3.63) is 50.9 Å². The van der Waals surface area contributed by atoms with Crippen molar-refractivity contribution in [3.63, 3.8) is 0 Å². The first-order valence-corrected chi connectivity index (χ1v) is 7.34. The first-order chi connectivity index (χ1) is 9.51. The lowest BCUT2D eigenvalue weighted by Crippen LogP contribution is -2.18. The van der Waals surface area contributed by atoms with Crippen molar-refractivity contribution in [2.24, 2.45) is 0 Å². The van der Waals surface area contributed by atoms with Gasteiger partial charge in [0.15, 0.2) is 0 Å². The molecule has 3 N–H and O–H groups in total. The molecule has 0 saturated carbocycles. The van der Waals surface area contributed by atoms with Crippen molar-refractivity contribution >= 4 is 43.5 Å². The Morgan fingerprint density at radius 2 is 1.90 bits per heavy atom. The quantitative estimate of drug-likeness (QED) is 0.768. The van der Waals surface area contributed by atoms with Gasteiger partial charge in [-0.15, -0.1) is 0 Å². The zero-order chi connectivity index (χ0) is 14.7. The SMILES string of the molecule is CNC(=O)c1ccc(N)cc1Oc1ccc(Br)cc1Br. The summed E-state index contributed by atoms with van der Waals surface area (Å²) in [5.74, 6) is 0.782. The largest absolute Gasteiger partial charge is 0.455 e. The van der Waals surface area contributed by atoms with E-state index in [0.717, 1.165) is 8.95 Å². The number of hydrogen-bond acceptors (Lipinski definition) is 3. The van der Waals surface area contributed by atoms with Crippen LogP contribution in [-0.2, 0) is 0 Å². The van der Waals surface area contributed by atoms with E-state index in [0.29, 0.717) is 22.7 Å². The molecular weight excluding hydrogens is 388 g/mol. The highest BCUT2D eigenvalue weighted by molar-refractivity contribution is 9.11. The molecule has 0 bridgehead atoms. The third-order valence-corrected chi connectivity index (χ3v) is 3.70. The van der Waals surface area contributed by atoms with Crippen LogP contribution >= 0.6 is 31.9 Å². The maximum atomic E-state index is 11.8. The summed E-state index contributed by atoms with van der Waals surface area (Å²) in [5.41, 5.74) is 6.71. The summed E-state index contributed by atoms with van der Waals surface area (Å²) in [6, 6.07) is 10.4. The molecule has 0 radical (unpaired) electrons. The number of amides is 1. The average Bonchev–Trinajstić information content (AvgIpc) is 2.41. The molecule has 0 aliphatic carbocycles. The van der Waals surface area contributed by atoms with Crippen LogP contribution in [0.1, 0.15) is 10.4 Å². The van der Waals surface area contributed by atoms with E-state index in [2.05, 4.69) is 37.2 Å². The van der Waals surface area contributed by atoms with E-state index >= 15 is 0 Å². The van der Waals surface area contributed by atoms with Crippen LogP contribution in [0.5, 0.6) is 11.5 Å². The molecule has 0 aliphatic rings. The maximum Gasteiger partial charge on any atom is 0.254 e. The van der Waals surface area contributed by atoms with Crippen LogP contribution < -0.4 is 15.8 Å². The van der Waals surface area contributed by atoms with E-state index in [1.165, 1.54) is 0 Å². The van der Waals surface area contributed by atoms with Gasteiger partial charge in [0.1, 0.15) is 11.5 Å². The second-order valence-electron chi connectivity index (χ2n) is 4.01. The van der Waals surface area contributed by atoms with Crippen LogP contribution in [0.2, 0.25) is 0 Å². The minimum Gasteiger partial charge on any atom is -0.455 e. The minimum atomic E-state index is -0.228. The van der Waals surface area contributed by atoms with Crippen LogP contribution in [0.4, 0.5) is 5.69 Å². The van der Waals surface area contributed by atoms with Gasteiger partial charge >= 0.3 is 0 Å².